The number of para-hydroxylation sites is 1. The molecular weight excluding hydrogens is 366 g/mol. The van der Waals surface area contributed by atoms with E-state index in [4.69, 9.17) is 0 Å². The van der Waals surface area contributed by atoms with Gasteiger partial charge < -0.3 is 4.90 Å². The molecule has 1 aliphatic carbocycles. The number of fused-ring (bicyclic) bond motifs is 3. The van der Waals surface area contributed by atoms with Crippen LogP contribution in [-0.4, -0.2) is 6.29 Å². The molecule has 4 aromatic carbocycles. The second-order valence-electron chi connectivity index (χ2n) is 8.28. The normalized spacial score (nSPS) is 13.4. The second kappa shape index (κ2) is 7.00. The van der Waals surface area contributed by atoms with Crippen molar-refractivity contribution in [2.45, 2.75) is 19.3 Å². The van der Waals surface area contributed by atoms with Gasteiger partial charge in [-0.1, -0.05) is 62.4 Å². The van der Waals surface area contributed by atoms with Crippen molar-refractivity contribution in [3.8, 4) is 11.1 Å². The zero-order chi connectivity index (χ0) is 20.7. The molecule has 0 fully saturated rings. The van der Waals surface area contributed by atoms with E-state index in [0.29, 0.717) is 5.56 Å². The molecule has 1 aliphatic rings. The minimum atomic E-state index is -0.0499. The fourth-order valence-electron chi connectivity index (χ4n) is 4.56. The van der Waals surface area contributed by atoms with E-state index in [1.54, 1.807) is 0 Å². The first kappa shape index (κ1) is 18.4. The van der Waals surface area contributed by atoms with Crippen LogP contribution in [0.4, 0.5) is 17.1 Å². The molecule has 0 aliphatic heterocycles. The minimum Gasteiger partial charge on any atom is -0.310 e. The van der Waals surface area contributed by atoms with E-state index in [9.17, 15) is 4.79 Å². The summed E-state index contributed by atoms with van der Waals surface area (Å²) in [5, 5.41) is 0. The summed E-state index contributed by atoms with van der Waals surface area (Å²) in [7, 11) is 0. The molecule has 0 unspecified atom stereocenters. The standard InChI is InChI=1S/C28H23NO/c1-28(2)26-11-7-6-10-24(26)25-17-16-23(18-27(25)28)29(21-8-4-3-5-9-21)22-14-12-20(19-30)13-15-22/h3-19H,1-2H3. The molecule has 0 atom stereocenters. The number of hydrogen-bond donors (Lipinski definition) is 0. The molecule has 30 heavy (non-hydrogen) atoms. The van der Waals surface area contributed by atoms with E-state index >= 15 is 0 Å². The number of carbonyl (C=O) groups is 1. The molecule has 0 saturated heterocycles. The summed E-state index contributed by atoms with van der Waals surface area (Å²) in [4.78, 5) is 13.4. The third-order valence-electron chi connectivity index (χ3n) is 6.13. The molecule has 0 aromatic heterocycles. The first-order chi connectivity index (χ1) is 14.6. The number of nitrogens with zero attached hydrogens (tertiary/aromatic N) is 1. The Labute approximate surface area is 177 Å². The lowest BCUT2D eigenvalue weighted by Gasteiger charge is -2.28. The highest BCUT2D eigenvalue weighted by Gasteiger charge is 2.35. The molecule has 0 radical (unpaired) electrons. The van der Waals surface area contributed by atoms with E-state index in [-0.39, 0.29) is 5.41 Å². The van der Waals surface area contributed by atoms with Crippen LogP contribution in [0.2, 0.25) is 0 Å². The third-order valence-corrected chi connectivity index (χ3v) is 6.13. The Kier molecular flexibility index (Phi) is 4.29. The lowest BCUT2D eigenvalue weighted by atomic mass is 9.82. The zero-order valence-electron chi connectivity index (χ0n) is 17.2. The predicted molar refractivity (Wildman–Crippen MR) is 124 cm³/mol. The van der Waals surface area contributed by atoms with Crippen molar-refractivity contribution in [3.05, 3.63) is 114 Å². The quantitative estimate of drug-likeness (QED) is 0.342. The number of carbonyl (C=O) groups excluding carboxylic acids is 1. The SMILES string of the molecule is CC1(C)c2ccccc2-c2ccc(N(c3ccccc3)c3ccc(C=O)cc3)cc21. The molecule has 0 saturated carbocycles. The Hall–Kier alpha value is -3.65. The van der Waals surface area contributed by atoms with Crippen molar-refractivity contribution in [3.63, 3.8) is 0 Å². The maximum atomic E-state index is 11.1. The summed E-state index contributed by atoms with van der Waals surface area (Å²) in [5.41, 5.74) is 9.20. The van der Waals surface area contributed by atoms with E-state index in [0.717, 1.165) is 23.3 Å². The van der Waals surface area contributed by atoms with Crippen LogP contribution in [0.15, 0.2) is 97.1 Å². The molecule has 0 spiro atoms. The average Bonchev–Trinajstić information content (AvgIpc) is 3.02. The van der Waals surface area contributed by atoms with E-state index in [2.05, 4.69) is 85.5 Å². The number of anilines is 3. The van der Waals surface area contributed by atoms with E-state index in [1.807, 2.05) is 30.3 Å². The maximum absolute atomic E-state index is 11.1. The van der Waals surface area contributed by atoms with Crippen LogP contribution in [0, 0.1) is 0 Å². The van der Waals surface area contributed by atoms with Gasteiger partial charge in [0.05, 0.1) is 0 Å². The molecule has 0 bridgehead atoms. The predicted octanol–water partition coefficient (Wildman–Crippen LogP) is 7.28. The van der Waals surface area contributed by atoms with Crippen molar-refractivity contribution in [1.82, 2.24) is 0 Å². The third kappa shape index (κ3) is 2.84. The number of aldehydes is 1. The number of benzene rings is 4. The summed E-state index contributed by atoms with van der Waals surface area (Å²) in [6.45, 7) is 4.60. The lowest BCUT2D eigenvalue weighted by Crippen LogP contribution is -2.16. The topological polar surface area (TPSA) is 20.3 Å². The van der Waals surface area contributed by atoms with Crippen LogP contribution in [0.5, 0.6) is 0 Å². The van der Waals surface area contributed by atoms with Gasteiger partial charge in [-0.3, -0.25) is 4.79 Å². The van der Waals surface area contributed by atoms with Gasteiger partial charge in [0.15, 0.2) is 0 Å². The van der Waals surface area contributed by atoms with Gasteiger partial charge >= 0.3 is 0 Å². The van der Waals surface area contributed by atoms with Crippen LogP contribution in [0.25, 0.3) is 11.1 Å². The number of hydrogen-bond acceptors (Lipinski definition) is 2. The van der Waals surface area contributed by atoms with Gasteiger partial charge in [0.2, 0.25) is 0 Å². The fraction of sp³-hybridized carbons (Fsp3) is 0.107. The van der Waals surface area contributed by atoms with Gasteiger partial charge in [0.1, 0.15) is 6.29 Å². The van der Waals surface area contributed by atoms with Gasteiger partial charge in [-0.15, -0.1) is 0 Å². The fourth-order valence-corrected chi connectivity index (χ4v) is 4.56. The molecule has 4 aromatic rings. The Bertz CT molecular complexity index is 1220. The molecule has 2 nitrogen and oxygen atoms in total. The van der Waals surface area contributed by atoms with Gasteiger partial charge in [-0.2, -0.15) is 0 Å². The summed E-state index contributed by atoms with van der Waals surface area (Å²) in [6, 6.07) is 33.5. The van der Waals surface area contributed by atoms with Gasteiger partial charge in [-0.25, -0.2) is 0 Å². The Morgan fingerprint density at radius 2 is 1.23 bits per heavy atom. The van der Waals surface area contributed by atoms with Crippen molar-refractivity contribution in [1.29, 1.82) is 0 Å². The van der Waals surface area contributed by atoms with Crippen molar-refractivity contribution in [2.75, 3.05) is 4.90 Å². The van der Waals surface area contributed by atoms with Crippen LogP contribution in [0.1, 0.15) is 35.3 Å². The Balaban J connectivity index is 1.68. The molecule has 0 N–H and O–H groups in total. The van der Waals surface area contributed by atoms with Crippen molar-refractivity contribution in [2.24, 2.45) is 0 Å². The van der Waals surface area contributed by atoms with Crippen LogP contribution < -0.4 is 4.90 Å². The smallest absolute Gasteiger partial charge is 0.150 e. The summed E-state index contributed by atoms with van der Waals surface area (Å²) in [6.07, 6.45) is 0.881. The Morgan fingerprint density at radius 3 is 1.97 bits per heavy atom. The second-order valence-corrected chi connectivity index (χ2v) is 8.28. The lowest BCUT2D eigenvalue weighted by molar-refractivity contribution is 0.112. The first-order valence-corrected chi connectivity index (χ1v) is 10.2. The average molecular weight is 389 g/mol. The molecule has 2 heteroatoms. The number of rotatable bonds is 4. The first-order valence-electron chi connectivity index (χ1n) is 10.2. The zero-order valence-corrected chi connectivity index (χ0v) is 17.2. The summed E-state index contributed by atoms with van der Waals surface area (Å²) in [5.74, 6) is 0. The highest BCUT2D eigenvalue weighted by atomic mass is 16.1. The summed E-state index contributed by atoms with van der Waals surface area (Å²) < 4.78 is 0. The largest absolute Gasteiger partial charge is 0.310 e. The summed E-state index contributed by atoms with van der Waals surface area (Å²) >= 11 is 0. The Morgan fingerprint density at radius 1 is 0.633 bits per heavy atom. The molecule has 5 rings (SSSR count). The van der Waals surface area contributed by atoms with Crippen LogP contribution in [0.3, 0.4) is 0 Å². The van der Waals surface area contributed by atoms with Crippen molar-refractivity contribution >= 4 is 23.3 Å². The van der Waals surface area contributed by atoms with Gasteiger partial charge in [0, 0.05) is 28.0 Å². The highest BCUT2D eigenvalue weighted by Crippen LogP contribution is 2.50. The van der Waals surface area contributed by atoms with Gasteiger partial charge in [0.25, 0.3) is 0 Å². The van der Waals surface area contributed by atoms with Crippen LogP contribution >= 0.6 is 0 Å². The van der Waals surface area contributed by atoms with E-state index < -0.39 is 0 Å². The van der Waals surface area contributed by atoms with Crippen LogP contribution in [-0.2, 0) is 5.41 Å². The molecule has 146 valence electrons. The maximum Gasteiger partial charge on any atom is 0.150 e. The molecule has 0 heterocycles. The van der Waals surface area contributed by atoms with Gasteiger partial charge in [-0.05, 0) is 70.8 Å². The van der Waals surface area contributed by atoms with E-state index in [1.165, 1.54) is 22.3 Å². The van der Waals surface area contributed by atoms with Crippen molar-refractivity contribution < 1.29 is 4.79 Å². The molecule has 0 amide bonds. The monoisotopic (exact) mass is 389 g/mol. The minimum absolute atomic E-state index is 0.0499. The highest BCUT2D eigenvalue weighted by molar-refractivity contribution is 5.86. The molecular formula is C28H23NO.